The van der Waals surface area contributed by atoms with Crippen LogP contribution in [0.2, 0.25) is 0 Å². The first-order valence-electron chi connectivity index (χ1n) is 7.45. The minimum Gasteiger partial charge on any atom is -0.394 e. The number of benzene rings is 1. The highest BCUT2D eigenvalue weighted by Gasteiger charge is 2.27. The standard InChI is InChI=1S/C16H22F2N2O/c1-3-10-4-6-12(7-5-10)20(2)16(21)11-8-13(17)15(19)14(18)9-11/h8-10,12H,3-7,19H2,1-2H3. The monoisotopic (exact) mass is 296 g/mol. The largest absolute Gasteiger partial charge is 0.394 e. The molecule has 2 N–H and O–H groups in total. The number of halogens is 2. The smallest absolute Gasteiger partial charge is 0.254 e. The van der Waals surface area contributed by atoms with E-state index in [-0.39, 0.29) is 17.5 Å². The molecule has 0 radical (unpaired) electrons. The molecule has 1 fully saturated rings. The van der Waals surface area contributed by atoms with Crippen LogP contribution in [-0.4, -0.2) is 23.9 Å². The van der Waals surface area contributed by atoms with Crippen molar-refractivity contribution in [3.8, 4) is 0 Å². The van der Waals surface area contributed by atoms with E-state index in [0.29, 0.717) is 0 Å². The summed E-state index contributed by atoms with van der Waals surface area (Å²) in [5.74, 6) is -1.40. The highest BCUT2D eigenvalue weighted by molar-refractivity contribution is 5.94. The minimum atomic E-state index is -0.888. The van der Waals surface area contributed by atoms with E-state index < -0.39 is 17.3 Å². The van der Waals surface area contributed by atoms with Crippen LogP contribution >= 0.6 is 0 Å². The number of rotatable bonds is 3. The van der Waals surface area contributed by atoms with Crippen molar-refractivity contribution in [1.29, 1.82) is 0 Å². The lowest BCUT2D eigenvalue weighted by molar-refractivity contribution is 0.0673. The third-order valence-corrected chi connectivity index (χ3v) is 4.59. The van der Waals surface area contributed by atoms with E-state index in [2.05, 4.69) is 6.92 Å². The molecule has 0 atom stereocenters. The Morgan fingerprint density at radius 1 is 1.24 bits per heavy atom. The van der Waals surface area contributed by atoms with Gasteiger partial charge in [0.1, 0.15) is 17.3 Å². The van der Waals surface area contributed by atoms with Crippen LogP contribution in [0.3, 0.4) is 0 Å². The van der Waals surface area contributed by atoms with Gasteiger partial charge in [0.05, 0.1) is 0 Å². The number of nitrogens with zero attached hydrogens (tertiary/aromatic N) is 1. The van der Waals surface area contributed by atoms with Crippen LogP contribution in [0, 0.1) is 17.6 Å². The van der Waals surface area contributed by atoms with E-state index in [1.807, 2.05) is 0 Å². The first kappa shape index (κ1) is 15.7. The van der Waals surface area contributed by atoms with Crippen LogP contribution in [0.4, 0.5) is 14.5 Å². The second-order valence-corrected chi connectivity index (χ2v) is 5.85. The Morgan fingerprint density at radius 2 is 1.76 bits per heavy atom. The van der Waals surface area contributed by atoms with Gasteiger partial charge in [-0.05, 0) is 43.7 Å². The average molecular weight is 296 g/mol. The van der Waals surface area contributed by atoms with E-state index in [0.717, 1.165) is 43.7 Å². The molecule has 2 rings (SSSR count). The van der Waals surface area contributed by atoms with Gasteiger partial charge in [-0.25, -0.2) is 8.78 Å². The molecular weight excluding hydrogens is 274 g/mol. The fourth-order valence-electron chi connectivity index (χ4n) is 3.02. The van der Waals surface area contributed by atoms with Gasteiger partial charge in [-0.3, -0.25) is 4.79 Å². The normalized spacial score (nSPS) is 22.1. The third kappa shape index (κ3) is 3.34. The first-order chi connectivity index (χ1) is 9.93. The number of nitrogens with two attached hydrogens (primary N) is 1. The zero-order valence-electron chi connectivity index (χ0n) is 12.5. The molecule has 1 aliphatic rings. The van der Waals surface area contributed by atoms with E-state index in [1.165, 1.54) is 6.42 Å². The van der Waals surface area contributed by atoms with Crippen molar-refractivity contribution in [1.82, 2.24) is 4.90 Å². The Hall–Kier alpha value is -1.65. The van der Waals surface area contributed by atoms with Gasteiger partial charge < -0.3 is 10.6 Å². The lowest BCUT2D eigenvalue weighted by atomic mass is 9.84. The summed E-state index contributed by atoms with van der Waals surface area (Å²) in [5, 5.41) is 0. The average Bonchev–Trinajstić information content (AvgIpc) is 2.50. The highest BCUT2D eigenvalue weighted by atomic mass is 19.1. The van der Waals surface area contributed by atoms with E-state index in [9.17, 15) is 13.6 Å². The quantitative estimate of drug-likeness (QED) is 0.866. The van der Waals surface area contributed by atoms with Crippen molar-refractivity contribution in [3.63, 3.8) is 0 Å². The summed E-state index contributed by atoms with van der Waals surface area (Å²) in [4.78, 5) is 14.0. The maximum atomic E-state index is 13.5. The van der Waals surface area contributed by atoms with Gasteiger partial charge in [0.25, 0.3) is 5.91 Å². The van der Waals surface area contributed by atoms with E-state index in [1.54, 1.807) is 11.9 Å². The minimum absolute atomic E-state index is 0.0133. The highest BCUT2D eigenvalue weighted by Crippen LogP contribution is 2.30. The van der Waals surface area contributed by atoms with Crippen molar-refractivity contribution in [2.75, 3.05) is 12.8 Å². The van der Waals surface area contributed by atoms with Gasteiger partial charge in [0, 0.05) is 18.7 Å². The molecule has 0 saturated heterocycles. The summed E-state index contributed by atoms with van der Waals surface area (Å²) in [6.07, 6.45) is 5.26. The fraction of sp³-hybridized carbons (Fsp3) is 0.562. The molecule has 0 aliphatic heterocycles. The van der Waals surface area contributed by atoms with Crippen LogP contribution in [0.15, 0.2) is 12.1 Å². The number of anilines is 1. The predicted octanol–water partition coefficient (Wildman–Crippen LogP) is 3.59. The SMILES string of the molecule is CCC1CCC(N(C)C(=O)c2cc(F)c(N)c(F)c2)CC1. The van der Waals surface area contributed by atoms with Gasteiger partial charge in [0.15, 0.2) is 0 Å². The zero-order chi connectivity index (χ0) is 15.6. The van der Waals surface area contributed by atoms with Crippen molar-refractivity contribution in [2.45, 2.75) is 45.1 Å². The fourth-order valence-corrected chi connectivity index (χ4v) is 3.02. The Morgan fingerprint density at radius 3 is 2.24 bits per heavy atom. The van der Waals surface area contributed by atoms with E-state index in [4.69, 9.17) is 5.73 Å². The van der Waals surface area contributed by atoms with Gasteiger partial charge >= 0.3 is 0 Å². The molecular formula is C16H22F2N2O. The molecule has 1 saturated carbocycles. The number of carbonyl (C=O) groups is 1. The molecule has 0 bridgehead atoms. The van der Waals surface area contributed by atoms with Crippen LogP contribution in [0.5, 0.6) is 0 Å². The summed E-state index contributed by atoms with van der Waals surface area (Å²) in [6.45, 7) is 2.18. The third-order valence-electron chi connectivity index (χ3n) is 4.59. The molecule has 1 amide bonds. The van der Waals surface area contributed by atoms with Crippen molar-refractivity contribution in [3.05, 3.63) is 29.3 Å². The number of nitrogen functional groups attached to an aromatic ring is 1. The first-order valence-corrected chi connectivity index (χ1v) is 7.45. The summed E-state index contributed by atoms with van der Waals surface area (Å²) >= 11 is 0. The maximum absolute atomic E-state index is 13.5. The van der Waals surface area contributed by atoms with Gasteiger partial charge in [-0.15, -0.1) is 0 Å². The Balaban J connectivity index is 2.09. The Labute approximate surface area is 124 Å². The number of hydrogen-bond donors (Lipinski definition) is 1. The van der Waals surface area contributed by atoms with Gasteiger partial charge in [-0.2, -0.15) is 0 Å². The molecule has 21 heavy (non-hydrogen) atoms. The zero-order valence-corrected chi connectivity index (χ0v) is 12.5. The van der Waals surface area contributed by atoms with Gasteiger partial charge in [0.2, 0.25) is 0 Å². The predicted molar refractivity (Wildman–Crippen MR) is 78.9 cm³/mol. The summed E-state index contributed by atoms with van der Waals surface area (Å²) < 4.78 is 26.9. The molecule has 0 heterocycles. The second-order valence-electron chi connectivity index (χ2n) is 5.85. The molecule has 1 aromatic carbocycles. The second kappa shape index (κ2) is 6.41. The number of carbonyl (C=O) groups excluding carboxylic acids is 1. The molecule has 1 aromatic rings. The molecule has 0 aromatic heterocycles. The van der Waals surface area contributed by atoms with Crippen molar-refractivity contribution >= 4 is 11.6 Å². The van der Waals surface area contributed by atoms with E-state index >= 15 is 0 Å². The van der Waals surface area contributed by atoms with Crippen molar-refractivity contribution < 1.29 is 13.6 Å². The summed E-state index contributed by atoms with van der Waals surface area (Å²) in [5.41, 5.74) is 4.69. The Kier molecular flexibility index (Phi) is 4.80. The molecule has 0 spiro atoms. The molecule has 5 heteroatoms. The molecule has 1 aliphatic carbocycles. The lowest BCUT2D eigenvalue weighted by Gasteiger charge is -2.34. The number of hydrogen-bond acceptors (Lipinski definition) is 2. The number of amides is 1. The summed E-state index contributed by atoms with van der Waals surface area (Å²) in [6, 6.07) is 2.16. The topological polar surface area (TPSA) is 46.3 Å². The molecule has 3 nitrogen and oxygen atoms in total. The van der Waals surface area contributed by atoms with Crippen LogP contribution in [0.25, 0.3) is 0 Å². The van der Waals surface area contributed by atoms with Crippen LogP contribution < -0.4 is 5.73 Å². The molecule has 116 valence electrons. The summed E-state index contributed by atoms with van der Waals surface area (Å²) in [7, 11) is 1.70. The molecule has 0 unspecified atom stereocenters. The van der Waals surface area contributed by atoms with Crippen LogP contribution in [0.1, 0.15) is 49.4 Å². The Bertz CT molecular complexity index is 502. The lowest BCUT2D eigenvalue weighted by Crippen LogP contribution is -2.39. The van der Waals surface area contributed by atoms with Crippen molar-refractivity contribution in [2.24, 2.45) is 5.92 Å². The van der Waals surface area contributed by atoms with Gasteiger partial charge in [-0.1, -0.05) is 13.3 Å². The van der Waals surface area contributed by atoms with Crippen LogP contribution in [-0.2, 0) is 0 Å². The maximum Gasteiger partial charge on any atom is 0.254 e.